The third kappa shape index (κ3) is 6.79. The molecule has 3 atom stereocenters. The number of pyridine rings is 2. The maximum atomic E-state index is 12.8. The Hall–Kier alpha value is -2.91. The molecule has 0 aromatic carbocycles. The number of halogens is 2. The zero-order chi connectivity index (χ0) is 24.7. The van der Waals surface area contributed by atoms with E-state index in [1.807, 2.05) is 0 Å². The number of carbonyl (C=O) groups excluding carboxylic acids is 3. The van der Waals surface area contributed by atoms with Crippen LogP contribution in [0.4, 0.5) is 0 Å². The van der Waals surface area contributed by atoms with Gasteiger partial charge in [0.2, 0.25) is 5.75 Å². The van der Waals surface area contributed by atoms with Crippen LogP contribution in [-0.4, -0.2) is 47.1 Å². The van der Waals surface area contributed by atoms with E-state index in [0.29, 0.717) is 15.7 Å². The number of ether oxygens (including phenoxy) is 3. The van der Waals surface area contributed by atoms with E-state index in [2.05, 4.69) is 15.3 Å². The second-order valence-corrected chi connectivity index (χ2v) is 8.01. The molecule has 9 nitrogen and oxygen atoms in total. The normalized spacial score (nSPS) is 13.4. The number of methoxy groups -OCH3 is 1. The Kier molecular flexibility index (Phi) is 9.43. The highest BCUT2D eigenvalue weighted by Gasteiger charge is 2.28. The third-order valence-electron chi connectivity index (χ3n) is 4.78. The first-order valence-electron chi connectivity index (χ1n) is 10.1. The van der Waals surface area contributed by atoms with Crippen LogP contribution in [0.2, 0.25) is 10.0 Å². The first-order chi connectivity index (χ1) is 15.6. The van der Waals surface area contributed by atoms with Crippen molar-refractivity contribution in [2.24, 2.45) is 0 Å². The topological polar surface area (TPSA) is 117 Å². The molecule has 2 heterocycles. The number of amides is 1. The van der Waals surface area contributed by atoms with Crippen LogP contribution >= 0.6 is 23.2 Å². The van der Waals surface area contributed by atoms with Gasteiger partial charge in [0, 0.05) is 30.8 Å². The van der Waals surface area contributed by atoms with Gasteiger partial charge in [-0.3, -0.25) is 14.6 Å². The zero-order valence-corrected chi connectivity index (χ0v) is 20.4. The molecule has 0 aliphatic rings. The molecule has 0 unspecified atom stereocenters. The lowest BCUT2D eigenvalue weighted by Crippen LogP contribution is -2.41. The molecule has 11 heteroatoms. The molecule has 0 spiro atoms. The van der Waals surface area contributed by atoms with Gasteiger partial charge in [-0.15, -0.1) is 0 Å². The third-order valence-corrected chi connectivity index (χ3v) is 5.29. The van der Waals surface area contributed by atoms with Gasteiger partial charge >= 0.3 is 11.9 Å². The molecule has 2 aromatic heterocycles. The number of carbonyl (C=O) groups is 3. The lowest BCUT2D eigenvalue weighted by molar-refractivity contribution is -0.151. The Morgan fingerprint density at radius 3 is 2.45 bits per heavy atom. The fraction of sp³-hybridized carbons (Fsp3) is 0.409. The number of nitrogens with one attached hydrogen (secondary N) is 1. The molecule has 0 aliphatic heterocycles. The summed E-state index contributed by atoms with van der Waals surface area (Å²) in [6, 6.07) is 1.98. The second kappa shape index (κ2) is 11.8. The summed E-state index contributed by atoms with van der Waals surface area (Å²) in [6.45, 7) is 6.56. The Balaban J connectivity index is 2.10. The summed E-state index contributed by atoms with van der Waals surface area (Å²) in [5.41, 5.74) is 0.329. The van der Waals surface area contributed by atoms with Crippen molar-refractivity contribution in [1.29, 1.82) is 0 Å². The van der Waals surface area contributed by atoms with Crippen molar-refractivity contribution in [3.63, 3.8) is 0 Å². The molecule has 2 aromatic rings. The van der Waals surface area contributed by atoms with E-state index in [-0.39, 0.29) is 29.5 Å². The van der Waals surface area contributed by atoms with Gasteiger partial charge in [0.25, 0.3) is 5.91 Å². The summed E-state index contributed by atoms with van der Waals surface area (Å²) in [4.78, 5) is 45.3. The van der Waals surface area contributed by atoms with Crippen molar-refractivity contribution < 1.29 is 28.6 Å². The highest BCUT2D eigenvalue weighted by Crippen LogP contribution is 2.30. The average molecular weight is 498 g/mol. The van der Waals surface area contributed by atoms with Crippen LogP contribution in [0.5, 0.6) is 11.5 Å². The van der Waals surface area contributed by atoms with Gasteiger partial charge in [0.15, 0.2) is 11.4 Å². The summed E-state index contributed by atoms with van der Waals surface area (Å²) < 4.78 is 15.9. The van der Waals surface area contributed by atoms with Crippen molar-refractivity contribution in [2.45, 2.75) is 52.2 Å². The predicted octanol–water partition coefficient (Wildman–Crippen LogP) is 3.96. The Bertz CT molecular complexity index is 1030. The fourth-order valence-electron chi connectivity index (χ4n) is 2.73. The van der Waals surface area contributed by atoms with Gasteiger partial charge < -0.3 is 19.5 Å². The molecule has 2 rings (SSSR count). The minimum atomic E-state index is -1.02. The first kappa shape index (κ1) is 26.3. The summed E-state index contributed by atoms with van der Waals surface area (Å²) in [5, 5.41) is 3.25. The zero-order valence-electron chi connectivity index (χ0n) is 18.8. The summed E-state index contributed by atoms with van der Waals surface area (Å²) >= 11 is 12.1. The van der Waals surface area contributed by atoms with Gasteiger partial charge in [0.05, 0.1) is 22.8 Å². The molecule has 1 N–H and O–H groups in total. The number of rotatable bonds is 9. The summed E-state index contributed by atoms with van der Waals surface area (Å²) in [7, 11) is 1.37. The monoisotopic (exact) mass is 497 g/mol. The van der Waals surface area contributed by atoms with Gasteiger partial charge in [-0.25, -0.2) is 9.78 Å². The second-order valence-electron chi connectivity index (χ2n) is 7.16. The van der Waals surface area contributed by atoms with Gasteiger partial charge in [-0.2, -0.15) is 0 Å². The largest absolute Gasteiger partial charge is 0.493 e. The van der Waals surface area contributed by atoms with Crippen molar-refractivity contribution in [3.8, 4) is 11.5 Å². The van der Waals surface area contributed by atoms with Crippen LogP contribution in [0, 0.1) is 0 Å². The molecular weight excluding hydrogens is 473 g/mol. The Morgan fingerprint density at radius 2 is 1.85 bits per heavy atom. The SMILES string of the molecule is CCC(=O)Oc1c(OC)ccnc1C(=O)N[C@@H](C)C(=O)O[C@@H](C)[C@@H](C)c1ncc(Cl)cc1Cl. The molecule has 0 fully saturated rings. The molecule has 0 saturated heterocycles. The van der Waals surface area contributed by atoms with Crippen molar-refractivity contribution in [2.75, 3.05) is 7.11 Å². The molecule has 33 heavy (non-hydrogen) atoms. The van der Waals surface area contributed by atoms with Crippen molar-refractivity contribution >= 4 is 41.0 Å². The van der Waals surface area contributed by atoms with E-state index < -0.39 is 30.0 Å². The number of esters is 2. The van der Waals surface area contributed by atoms with E-state index in [4.69, 9.17) is 37.4 Å². The number of nitrogens with zero attached hydrogens (tertiary/aromatic N) is 2. The summed E-state index contributed by atoms with van der Waals surface area (Å²) in [6.07, 6.45) is 2.27. The molecule has 0 saturated carbocycles. The smallest absolute Gasteiger partial charge is 0.328 e. The molecule has 0 radical (unpaired) electrons. The lowest BCUT2D eigenvalue weighted by atomic mass is 10.0. The van der Waals surface area contributed by atoms with E-state index in [1.165, 1.54) is 32.5 Å². The van der Waals surface area contributed by atoms with Crippen LogP contribution in [0.25, 0.3) is 0 Å². The van der Waals surface area contributed by atoms with Crippen LogP contribution in [0.3, 0.4) is 0 Å². The minimum Gasteiger partial charge on any atom is -0.493 e. The van der Waals surface area contributed by atoms with Crippen molar-refractivity contribution in [3.05, 3.63) is 46.0 Å². The molecule has 178 valence electrons. The predicted molar refractivity (Wildman–Crippen MR) is 122 cm³/mol. The van der Waals surface area contributed by atoms with Gasteiger partial charge in [0.1, 0.15) is 12.1 Å². The van der Waals surface area contributed by atoms with E-state index in [9.17, 15) is 14.4 Å². The number of hydrogen-bond acceptors (Lipinski definition) is 8. The number of aromatic nitrogens is 2. The Morgan fingerprint density at radius 1 is 1.15 bits per heavy atom. The first-order valence-corrected chi connectivity index (χ1v) is 10.9. The van der Waals surface area contributed by atoms with E-state index >= 15 is 0 Å². The fourth-order valence-corrected chi connectivity index (χ4v) is 3.28. The standard InChI is InChI=1S/C22H25Cl2N3O6/c1-6-17(28)33-20-16(31-5)7-8-25-19(20)21(29)27-12(3)22(30)32-13(4)11(2)18-15(24)9-14(23)10-26-18/h7-13H,6H2,1-5H3,(H,27,29)/t11-,12+,13+/m1/s1. The maximum absolute atomic E-state index is 12.8. The van der Waals surface area contributed by atoms with Crippen LogP contribution in [0.1, 0.15) is 56.2 Å². The Labute approximate surface area is 201 Å². The van der Waals surface area contributed by atoms with Crippen molar-refractivity contribution in [1.82, 2.24) is 15.3 Å². The van der Waals surface area contributed by atoms with E-state index in [0.717, 1.165) is 0 Å². The van der Waals surface area contributed by atoms with Crippen LogP contribution < -0.4 is 14.8 Å². The molecule has 0 aliphatic carbocycles. The minimum absolute atomic E-state index is 0.0877. The molecule has 0 bridgehead atoms. The molecule has 1 amide bonds. The molecular formula is C22H25Cl2N3O6. The lowest BCUT2D eigenvalue weighted by Gasteiger charge is -2.23. The quantitative estimate of drug-likeness (QED) is 0.517. The van der Waals surface area contributed by atoms with Gasteiger partial charge in [-0.05, 0) is 19.9 Å². The van der Waals surface area contributed by atoms with Crippen LogP contribution in [-0.2, 0) is 14.3 Å². The highest BCUT2D eigenvalue weighted by atomic mass is 35.5. The van der Waals surface area contributed by atoms with E-state index in [1.54, 1.807) is 26.8 Å². The van der Waals surface area contributed by atoms with Gasteiger partial charge in [-0.1, -0.05) is 37.0 Å². The highest BCUT2D eigenvalue weighted by molar-refractivity contribution is 6.34. The summed E-state index contributed by atoms with van der Waals surface area (Å²) in [5.74, 6) is -2.29. The number of hydrogen-bond donors (Lipinski definition) is 1. The van der Waals surface area contributed by atoms with Crippen LogP contribution in [0.15, 0.2) is 24.5 Å². The maximum Gasteiger partial charge on any atom is 0.328 e. The average Bonchev–Trinajstić information content (AvgIpc) is 2.78.